The molecule has 4 heteroatoms. The zero-order chi connectivity index (χ0) is 13.4. The average Bonchev–Trinajstić information content (AvgIpc) is 2.84. The summed E-state index contributed by atoms with van der Waals surface area (Å²) in [5.41, 5.74) is 2.86. The second-order valence-electron chi connectivity index (χ2n) is 4.27. The molecule has 0 saturated heterocycles. The molecule has 94 valence electrons. The predicted octanol–water partition coefficient (Wildman–Crippen LogP) is 4.19. The van der Waals surface area contributed by atoms with Crippen molar-refractivity contribution in [2.24, 2.45) is 0 Å². The first-order valence-corrected chi connectivity index (χ1v) is 6.14. The number of hydrogen-bond acceptors (Lipinski definition) is 1. The number of carboxylic acids is 1. The van der Waals surface area contributed by atoms with Crippen molar-refractivity contribution in [3.8, 4) is 11.1 Å². The first kappa shape index (κ1) is 11.8. The Kier molecular flexibility index (Phi) is 2.76. The number of aromatic carboxylic acids is 1. The standard InChI is InChI=1S/C15H10ClNO2/c16-12-6-10(9-4-2-1-3-5-9)7-13-11(12)8-14(17-13)15(18)19/h1-8,17H,(H,18,19). The van der Waals surface area contributed by atoms with Crippen molar-refractivity contribution >= 4 is 28.5 Å². The molecular weight excluding hydrogens is 262 g/mol. The first-order valence-electron chi connectivity index (χ1n) is 5.76. The van der Waals surface area contributed by atoms with Crippen molar-refractivity contribution in [2.75, 3.05) is 0 Å². The minimum absolute atomic E-state index is 0.141. The molecule has 3 rings (SSSR count). The highest BCUT2D eigenvalue weighted by Crippen LogP contribution is 2.31. The van der Waals surface area contributed by atoms with Crippen LogP contribution in [0.3, 0.4) is 0 Å². The number of carboxylic acid groups (broad SMARTS) is 1. The van der Waals surface area contributed by atoms with Crippen molar-refractivity contribution < 1.29 is 9.90 Å². The first-order chi connectivity index (χ1) is 9.15. The van der Waals surface area contributed by atoms with E-state index in [0.29, 0.717) is 5.02 Å². The number of benzene rings is 2. The maximum absolute atomic E-state index is 11.0. The third-order valence-electron chi connectivity index (χ3n) is 3.03. The second-order valence-corrected chi connectivity index (χ2v) is 4.68. The van der Waals surface area contributed by atoms with Gasteiger partial charge in [-0.2, -0.15) is 0 Å². The van der Waals surface area contributed by atoms with E-state index in [1.807, 2.05) is 42.5 Å². The summed E-state index contributed by atoms with van der Waals surface area (Å²) in [7, 11) is 0. The van der Waals surface area contributed by atoms with Crippen molar-refractivity contribution in [3.05, 3.63) is 59.2 Å². The molecule has 1 aromatic heterocycles. The lowest BCUT2D eigenvalue weighted by Crippen LogP contribution is -1.94. The zero-order valence-electron chi connectivity index (χ0n) is 9.85. The summed E-state index contributed by atoms with van der Waals surface area (Å²) in [5, 5.41) is 10.3. The largest absolute Gasteiger partial charge is 0.477 e. The predicted molar refractivity (Wildman–Crippen MR) is 75.7 cm³/mol. The van der Waals surface area contributed by atoms with Crippen LogP contribution in [0.5, 0.6) is 0 Å². The summed E-state index contributed by atoms with van der Waals surface area (Å²) >= 11 is 6.22. The van der Waals surface area contributed by atoms with Crippen LogP contribution in [-0.4, -0.2) is 16.1 Å². The van der Waals surface area contributed by atoms with Crippen molar-refractivity contribution in [1.29, 1.82) is 0 Å². The molecule has 0 aliphatic heterocycles. The second kappa shape index (κ2) is 4.44. The Morgan fingerprint density at radius 2 is 1.79 bits per heavy atom. The summed E-state index contributed by atoms with van der Waals surface area (Å²) < 4.78 is 0. The van der Waals surface area contributed by atoms with Gasteiger partial charge in [0, 0.05) is 10.9 Å². The van der Waals surface area contributed by atoms with Gasteiger partial charge in [-0.05, 0) is 29.3 Å². The molecule has 2 aromatic carbocycles. The highest BCUT2D eigenvalue weighted by Gasteiger charge is 2.11. The van der Waals surface area contributed by atoms with Crippen LogP contribution in [-0.2, 0) is 0 Å². The van der Waals surface area contributed by atoms with Gasteiger partial charge in [-0.1, -0.05) is 41.9 Å². The van der Waals surface area contributed by atoms with E-state index in [-0.39, 0.29) is 5.69 Å². The van der Waals surface area contributed by atoms with Gasteiger partial charge in [-0.3, -0.25) is 0 Å². The maximum atomic E-state index is 11.0. The number of halogens is 1. The van der Waals surface area contributed by atoms with Crippen molar-refractivity contribution in [2.45, 2.75) is 0 Å². The molecular formula is C15H10ClNO2. The van der Waals surface area contributed by atoms with Gasteiger partial charge in [0.25, 0.3) is 0 Å². The molecule has 19 heavy (non-hydrogen) atoms. The lowest BCUT2D eigenvalue weighted by molar-refractivity contribution is 0.0691. The summed E-state index contributed by atoms with van der Waals surface area (Å²) in [6, 6.07) is 15.1. The molecule has 0 unspecified atom stereocenters. The minimum Gasteiger partial charge on any atom is -0.477 e. The van der Waals surface area contributed by atoms with Gasteiger partial charge in [0.05, 0.1) is 5.02 Å². The molecule has 0 saturated carbocycles. The maximum Gasteiger partial charge on any atom is 0.352 e. The molecule has 0 atom stereocenters. The Balaban J connectivity index is 2.22. The van der Waals surface area contributed by atoms with Gasteiger partial charge in [0.15, 0.2) is 0 Å². The lowest BCUT2D eigenvalue weighted by atomic mass is 10.0. The Morgan fingerprint density at radius 1 is 1.05 bits per heavy atom. The minimum atomic E-state index is -0.992. The SMILES string of the molecule is O=C(O)c1cc2c(Cl)cc(-c3ccccc3)cc2[nH]1. The highest BCUT2D eigenvalue weighted by molar-refractivity contribution is 6.36. The molecule has 0 spiro atoms. The lowest BCUT2D eigenvalue weighted by Gasteiger charge is -2.03. The quantitative estimate of drug-likeness (QED) is 0.734. The highest BCUT2D eigenvalue weighted by atomic mass is 35.5. The van der Waals surface area contributed by atoms with Gasteiger partial charge in [-0.15, -0.1) is 0 Å². The fourth-order valence-corrected chi connectivity index (χ4v) is 2.38. The monoisotopic (exact) mass is 271 g/mol. The van der Waals surface area contributed by atoms with Crippen LogP contribution in [0.1, 0.15) is 10.5 Å². The molecule has 0 aliphatic rings. The van der Waals surface area contributed by atoms with Crippen LogP contribution in [0, 0.1) is 0 Å². The van der Waals surface area contributed by atoms with Crippen LogP contribution in [0.2, 0.25) is 5.02 Å². The van der Waals surface area contributed by atoms with Crippen molar-refractivity contribution in [1.82, 2.24) is 4.98 Å². The van der Waals surface area contributed by atoms with E-state index >= 15 is 0 Å². The average molecular weight is 272 g/mol. The molecule has 0 amide bonds. The van der Waals surface area contributed by atoms with Gasteiger partial charge in [-0.25, -0.2) is 4.79 Å². The number of hydrogen-bond donors (Lipinski definition) is 2. The third-order valence-corrected chi connectivity index (χ3v) is 3.34. The Hall–Kier alpha value is -2.26. The summed E-state index contributed by atoms with van der Waals surface area (Å²) in [5.74, 6) is -0.992. The van der Waals surface area contributed by atoms with E-state index in [0.717, 1.165) is 22.0 Å². The van der Waals surface area contributed by atoms with E-state index in [2.05, 4.69) is 4.98 Å². The van der Waals surface area contributed by atoms with Crippen LogP contribution in [0.4, 0.5) is 0 Å². The van der Waals surface area contributed by atoms with E-state index < -0.39 is 5.97 Å². The Bertz CT molecular complexity index is 762. The third kappa shape index (κ3) is 2.09. The topological polar surface area (TPSA) is 53.1 Å². The van der Waals surface area contributed by atoms with Gasteiger partial charge < -0.3 is 10.1 Å². The van der Waals surface area contributed by atoms with E-state index in [4.69, 9.17) is 16.7 Å². The fraction of sp³-hybridized carbons (Fsp3) is 0. The van der Waals surface area contributed by atoms with Crippen LogP contribution in [0.15, 0.2) is 48.5 Å². The molecule has 0 radical (unpaired) electrons. The number of nitrogens with one attached hydrogen (secondary N) is 1. The van der Waals surface area contributed by atoms with Crippen LogP contribution < -0.4 is 0 Å². The number of aromatic amines is 1. The van der Waals surface area contributed by atoms with Crippen molar-refractivity contribution in [3.63, 3.8) is 0 Å². The van der Waals surface area contributed by atoms with Gasteiger partial charge in [0.2, 0.25) is 0 Å². The molecule has 2 N–H and O–H groups in total. The number of H-pyrrole nitrogens is 1. The fourth-order valence-electron chi connectivity index (χ4n) is 2.11. The summed E-state index contributed by atoms with van der Waals surface area (Å²) in [6.45, 7) is 0. The van der Waals surface area contributed by atoms with Gasteiger partial charge >= 0.3 is 5.97 Å². The molecule has 1 heterocycles. The van der Waals surface area contributed by atoms with Crippen LogP contribution in [0.25, 0.3) is 22.0 Å². The number of aromatic nitrogens is 1. The Morgan fingerprint density at radius 3 is 2.47 bits per heavy atom. The zero-order valence-corrected chi connectivity index (χ0v) is 10.6. The summed E-state index contributed by atoms with van der Waals surface area (Å²) in [4.78, 5) is 13.8. The molecule has 3 nitrogen and oxygen atoms in total. The van der Waals surface area contributed by atoms with E-state index in [1.165, 1.54) is 0 Å². The number of carbonyl (C=O) groups is 1. The molecule has 3 aromatic rings. The normalized spacial score (nSPS) is 10.8. The number of rotatable bonds is 2. The van der Waals surface area contributed by atoms with E-state index in [1.54, 1.807) is 6.07 Å². The molecule has 0 bridgehead atoms. The Labute approximate surface area is 114 Å². The number of fused-ring (bicyclic) bond motifs is 1. The smallest absolute Gasteiger partial charge is 0.352 e. The molecule has 0 aliphatic carbocycles. The van der Waals surface area contributed by atoms with E-state index in [9.17, 15) is 4.79 Å². The van der Waals surface area contributed by atoms with Gasteiger partial charge in [0.1, 0.15) is 5.69 Å². The summed E-state index contributed by atoms with van der Waals surface area (Å²) in [6.07, 6.45) is 0. The van der Waals surface area contributed by atoms with Crippen LogP contribution >= 0.6 is 11.6 Å². The molecule has 0 fully saturated rings.